The first kappa shape index (κ1) is 14.3. The van der Waals surface area contributed by atoms with E-state index in [2.05, 4.69) is 4.52 Å². The first-order valence-electron chi connectivity index (χ1n) is 4.14. The van der Waals surface area contributed by atoms with Crippen LogP contribution in [0.4, 0.5) is 0 Å². The van der Waals surface area contributed by atoms with E-state index >= 15 is 0 Å². The SMILES string of the molecule is CC(C)O[PH](=O)OCC(C)O[PH](=O)O. The normalized spacial score (nSPS) is 18.1. The zero-order valence-corrected chi connectivity index (χ0v) is 10.4. The van der Waals surface area contributed by atoms with Crippen molar-refractivity contribution in [1.82, 2.24) is 0 Å². The minimum absolute atomic E-state index is 0.0263. The molecule has 1 N–H and O–H groups in total. The minimum atomic E-state index is -2.97. The van der Waals surface area contributed by atoms with Gasteiger partial charge in [-0.3, -0.25) is 9.13 Å². The van der Waals surface area contributed by atoms with Crippen LogP contribution in [0.15, 0.2) is 0 Å². The Kier molecular flexibility index (Phi) is 7.74. The van der Waals surface area contributed by atoms with Crippen LogP contribution in [0.3, 0.4) is 0 Å². The number of hydrogen-bond donors (Lipinski definition) is 1. The van der Waals surface area contributed by atoms with Gasteiger partial charge in [0.2, 0.25) is 0 Å². The summed E-state index contributed by atoms with van der Waals surface area (Å²) >= 11 is 0. The Morgan fingerprint density at radius 2 is 1.79 bits per heavy atom. The maximum absolute atomic E-state index is 11.0. The van der Waals surface area contributed by atoms with Gasteiger partial charge in [0.1, 0.15) is 0 Å². The molecule has 0 aliphatic rings. The van der Waals surface area contributed by atoms with Crippen molar-refractivity contribution in [3.63, 3.8) is 0 Å². The summed E-state index contributed by atoms with van der Waals surface area (Å²) in [5.74, 6) is 0. The molecule has 8 heteroatoms. The second kappa shape index (κ2) is 7.57. The lowest BCUT2D eigenvalue weighted by atomic mass is 10.5. The third-order valence-electron chi connectivity index (χ3n) is 1.07. The lowest BCUT2D eigenvalue weighted by molar-refractivity contribution is 0.117. The summed E-state index contributed by atoms with van der Waals surface area (Å²) in [5.41, 5.74) is 0. The van der Waals surface area contributed by atoms with Crippen molar-refractivity contribution in [2.75, 3.05) is 6.61 Å². The Morgan fingerprint density at radius 1 is 1.21 bits per heavy atom. The molecule has 0 bridgehead atoms. The molecule has 0 aromatic carbocycles. The van der Waals surface area contributed by atoms with Crippen molar-refractivity contribution >= 4 is 16.5 Å². The molecule has 0 aromatic rings. The number of hydrogen-bond acceptors (Lipinski definition) is 5. The summed E-state index contributed by atoms with van der Waals surface area (Å²) < 4.78 is 35.4. The van der Waals surface area contributed by atoms with Gasteiger partial charge in [0.25, 0.3) is 0 Å². The van der Waals surface area contributed by atoms with E-state index in [4.69, 9.17) is 13.9 Å². The molecule has 3 unspecified atom stereocenters. The average molecular weight is 246 g/mol. The first-order valence-corrected chi connectivity index (χ1v) is 6.63. The summed E-state index contributed by atoms with van der Waals surface area (Å²) in [4.78, 5) is 8.40. The molecule has 3 atom stereocenters. The molecular formula is C6H16O6P2. The zero-order valence-electron chi connectivity index (χ0n) is 8.35. The smallest absolute Gasteiger partial charge is 0.319 e. The van der Waals surface area contributed by atoms with Crippen LogP contribution >= 0.6 is 16.5 Å². The van der Waals surface area contributed by atoms with Gasteiger partial charge >= 0.3 is 16.5 Å². The molecular weight excluding hydrogens is 230 g/mol. The van der Waals surface area contributed by atoms with Gasteiger partial charge in [0.05, 0.1) is 18.8 Å². The average Bonchev–Trinajstić information content (AvgIpc) is 1.98. The lowest BCUT2D eigenvalue weighted by Gasteiger charge is -2.12. The highest BCUT2D eigenvalue weighted by Crippen LogP contribution is 2.27. The van der Waals surface area contributed by atoms with Gasteiger partial charge in [0, 0.05) is 0 Å². The molecule has 14 heavy (non-hydrogen) atoms. The Bertz CT molecular complexity index is 206. The molecule has 6 nitrogen and oxygen atoms in total. The van der Waals surface area contributed by atoms with Crippen LogP contribution in [-0.4, -0.2) is 23.7 Å². The fourth-order valence-corrected chi connectivity index (χ4v) is 1.85. The molecule has 86 valence electrons. The lowest BCUT2D eigenvalue weighted by Crippen LogP contribution is -2.10. The molecule has 0 saturated heterocycles. The van der Waals surface area contributed by atoms with Crippen LogP contribution in [-0.2, 0) is 22.7 Å². The maximum Gasteiger partial charge on any atom is 0.319 e. The zero-order chi connectivity index (χ0) is 11.1. The molecule has 0 rings (SSSR count). The van der Waals surface area contributed by atoms with Gasteiger partial charge in [-0.25, -0.2) is 0 Å². The highest BCUT2D eigenvalue weighted by molar-refractivity contribution is 7.33. The highest BCUT2D eigenvalue weighted by atomic mass is 31.1. The van der Waals surface area contributed by atoms with Gasteiger partial charge < -0.3 is 18.5 Å². The van der Waals surface area contributed by atoms with Gasteiger partial charge in [0.15, 0.2) is 0 Å². The van der Waals surface area contributed by atoms with Gasteiger partial charge in [-0.15, -0.1) is 0 Å². The summed E-state index contributed by atoms with van der Waals surface area (Å²) in [7, 11) is -5.49. The van der Waals surface area contributed by atoms with E-state index in [-0.39, 0.29) is 12.7 Å². The Balaban J connectivity index is 3.61. The van der Waals surface area contributed by atoms with E-state index in [0.29, 0.717) is 0 Å². The second-order valence-electron chi connectivity index (χ2n) is 2.92. The largest absolute Gasteiger partial charge is 0.326 e. The van der Waals surface area contributed by atoms with E-state index in [1.807, 2.05) is 0 Å². The standard InChI is InChI=1S/C6H16O6P2/c1-5(2)11-14(9)10-4-6(3)12-13(7)8/h5-6,13-14H,4H2,1-3H3,(H,7,8). The van der Waals surface area contributed by atoms with Gasteiger partial charge in [-0.1, -0.05) is 0 Å². The summed E-state index contributed by atoms with van der Waals surface area (Å²) in [6, 6.07) is 0. The van der Waals surface area contributed by atoms with Crippen molar-refractivity contribution < 1.29 is 27.6 Å². The van der Waals surface area contributed by atoms with Crippen molar-refractivity contribution in [3.05, 3.63) is 0 Å². The third kappa shape index (κ3) is 8.88. The molecule has 0 saturated carbocycles. The molecule has 0 spiro atoms. The van der Waals surface area contributed by atoms with Crippen molar-refractivity contribution in [2.45, 2.75) is 33.0 Å². The quantitative estimate of drug-likeness (QED) is 0.687. The summed E-state index contributed by atoms with van der Waals surface area (Å²) in [6.07, 6.45) is -0.745. The predicted molar refractivity (Wildman–Crippen MR) is 52.9 cm³/mol. The highest BCUT2D eigenvalue weighted by Gasteiger charge is 2.09. The summed E-state index contributed by atoms with van der Waals surface area (Å²) in [5, 5.41) is 0. The van der Waals surface area contributed by atoms with Crippen molar-refractivity contribution in [1.29, 1.82) is 0 Å². The predicted octanol–water partition coefficient (Wildman–Crippen LogP) is 1.60. The van der Waals surface area contributed by atoms with E-state index in [0.717, 1.165) is 0 Å². The second-order valence-corrected chi connectivity index (χ2v) is 4.71. The fourth-order valence-electron chi connectivity index (χ4n) is 0.618. The molecule has 0 fully saturated rings. The van der Waals surface area contributed by atoms with Crippen LogP contribution in [0.5, 0.6) is 0 Å². The Labute approximate surface area is 84.5 Å². The van der Waals surface area contributed by atoms with Gasteiger partial charge in [-0.2, -0.15) is 0 Å². The molecule has 0 aliphatic heterocycles. The first-order chi connectivity index (χ1) is 6.41. The molecule has 0 amide bonds. The number of rotatable bonds is 7. The van der Waals surface area contributed by atoms with Crippen LogP contribution in [0.1, 0.15) is 20.8 Å². The van der Waals surface area contributed by atoms with Crippen molar-refractivity contribution in [3.8, 4) is 0 Å². The maximum atomic E-state index is 11.0. The van der Waals surface area contributed by atoms with E-state index in [9.17, 15) is 9.13 Å². The third-order valence-corrected chi connectivity index (χ3v) is 2.74. The van der Waals surface area contributed by atoms with Crippen LogP contribution < -0.4 is 0 Å². The topological polar surface area (TPSA) is 82.1 Å². The van der Waals surface area contributed by atoms with E-state index in [1.54, 1.807) is 20.8 Å². The Hall–Kier alpha value is 0.300. The molecule has 0 heterocycles. The van der Waals surface area contributed by atoms with E-state index in [1.165, 1.54) is 0 Å². The molecule has 0 aliphatic carbocycles. The van der Waals surface area contributed by atoms with Gasteiger partial charge in [-0.05, 0) is 20.8 Å². The molecule has 0 radical (unpaired) electrons. The Morgan fingerprint density at radius 3 is 2.21 bits per heavy atom. The van der Waals surface area contributed by atoms with Crippen molar-refractivity contribution in [2.24, 2.45) is 0 Å². The fraction of sp³-hybridized carbons (Fsp3) is 1.00. The van der Waals surface area contributed by atoms with E-state index < -0.39 is 22.6 Å². The van der Waals surface area contributed by atoms with Crippen LogP contribution in [0.25, 0.3) is 0 Å². The monoisotopic (exact) mass is 246 g/mol. The molecule has 0 aromatic heterocycles. The van der Waals surface area contributed by atoms with Crippen LogP contribution in [0.2, 0.25) is 0 Å². The summed E-state index contributed by atoms with van der Waals surface area (Å²) in [6.45, 7) is 4.99. The minimum Gasteiger partial charge on any atom is -0.326 e. The van der Waals surface area contributed by atoms with Crippen LogP contribution in [0, 0.1) is 0 Å².